The van der Waals surface area contributed by atoms with Gasteiger partial charge in [-0.1, -0.05) is 11.8 Å². The molecule has 0 fully saturated rings. The first-order valence-corrected chi connectivity index (χ1v) is 10.1. The van der Waals surface area contributed by atoms with Gasteiger partial charge in [0.05, 0.1) is 39.8 Å². The lowest BCUT2D eigenvalue weighted by Gasteiger charge is -2.15. The summed E-state index contributed by atoms with van der Waals surface area (Å²) in [6, 6.07) is 13.4. The van der Waals surface area contributed by atoms with Gasteiger partial charge in [-0.05, 0) is 43.3 Å². The molecule has 0 atom stereocenters. The minimum absolute atomic E-state index is 0.254. The fourth-order valence-electron chi connectivity index (χ4n) is 2.95. The molecule has 0 spiro atoms. The fourth-order valence-corrected chi connectivity index (χ4v) is 3.56. The Labute approximate surface area is 179 Å². The molecule has 0 aliphatic heterocycles. The van der Waals surface area contributed by atoms with Crippen molar-refractivity contribution in [1.82, 2.24) is 14.8 Å². The minimum atomic E-state index is 0.254. The van der Waals surface area contributed by atoms with Crippen LogP contribution < -0.4 is 18.9 Å². The number of aromatic nitrogens is 3. The smallest absolute Gasteiger partial charge is 0.203 e. The number of nitrogens with zero attached hydrogens (tertiary/aromatic N) is 4. The van der Waals surface area contributed by atoms with Gasteiger partial charge in [0.1, 0.15) is 5.75 Å². The third-order valence-corrected chi connectivity index (χ3v) is 5.02. The predicted molar refractivity (Wildman–Crippen MR) is 114 cm³/mol. The molecule has 0 bridgehead atoms. The topological polar surface area (TPSA) is 91.4 Å². The summed E-state index contributed by atoms with van der Waals surface area (Å²) in [7, 11) is 4.68. The van der Waals surface area contributed by atoms with Crippen LogP contribution in [0, 0.1) is 11.3 Å². The van der Waals surface area contributed by atoms with Gasteiger partial charge >= 0.3 is 0 Å². The van der Waals surface area contributed by atoms with Gasteiger partial charge < -0.3 is 18.9 Å². The molecule has 0 aliphatic carbocycles. The Bertz CT molecular complexity index is 1020. The van der Waals surface area contributed by atoms with Gasteiger partial charge in [0, 0.05) is 11.3 Å². The Morgan fingerprint density at radius 3 is 2.20 bits per heavy atom. The summed E-state index contributed by atoms with van der Waals surface area (Å²) in [6.45, 7) is 2.53. The van der Waals surface area contributed by atoms with E-state index in [9.17, 15) is 0 Å². The van der Waals surface area contributed by atoms with Crippen LogP contribution in [0.2, 0.25) is 0 Å². The van der Waals surface area contributed by atoms with Crippen molar-refractivity contribution in [3.05, 3.63) is 36.4 Å². The van der Waals surface area contributed by atoms with Gasteiger partial charge in [-0.2, -0.15) is 5.26 Å². The first kappa shape index (κ1) is 21.3. The summed E-state index contributed by atoms with van der Waals surface area (Å²) in [5, 5.41) is 18.3. The Balaban J connectivity index is 2.16. The number of ether oxygens (including phenoxy) is 4. The lowest BCUT2D eigenvalue weighted by molar-refractivity contribution is 0.324. The molecule has 0 N–H and O–H groups in total. The number of hydrogen-bond donors (Lipinski definition) is 0. The Morgan fingerprint density at radius 1 is 1.00 bits per heavy atom. The van der Waals surface area contributed by atoms with Gasteiger partial charge in [0.15, 0.2) is 22.5 Å². The lowest BCUT2D eigenvalue weighted by atomic mass is 10.1. The van der Waals surface area contributed by atoms with E-state index in [-0.39, 0.29) is 5.75 Å². The van der Waals surface area contributed by atoms with Gasteiger partial charge in [-0.25, -0.2) is 0 Å². The molecule has 2 aromatic carbocycles. The van der Waals surface area contributed by atoms with E-state index in [1.54, 1.807) is 21.3 Å². The molecular formula is C21H22N4O4S. The van der Waals surface area contributed by atoms with Crippen molar-refractivity contribution in [3.63, 3.8) is 0 Å². The SMILES string of the molecule is CCOc1ccc(-n2c(SCC#N)nnc2-c2cc(OC)c(OC)c(OC)c2)cc1. The summed E-state index contributed by atoms with van der Waals surface area (Å²) in [6.07, 6.45) is 0. The Hall–Kier alpha value is -3.38. The summed E-state index contributed by atoms with van der Waals surface area (Å²) in [4.78, 5) is 0. The van der Waals surface area contributed by atoms with E-state index in [1.165, 1.54) is 11.8 Å². The van der Waals surface area contributed by atoms with Crippen LogP contribution in [0.5, 0.6) is 23.0 Å². The van der Waals surface area contributed by atoms with Crippen molar-refractivity contribution in [2.45, 2.75) is 12.1 Å². The molecule has 3 aromatic rings. The molecule has 156 valence electrons. The number of rotatable bonds is 9. The zero-order valence-corrected chi connectivity index (χ0v) is 18.0. The molecule has 0 amide bonds. The van der Waals surface area contributed by atoms with Crippen LogP contribution >= 0.6 is 11.8 Å². The quantitative estimate of drug-likeness (QED) is 0.475. The van der Waals surface area contributed by atoms with E-state index in [0.29, 0.717) is 34.8 Å². The second-order valence-corrected chi connectivity index (χ2v) is 6.87. The van der Waals surface area contributed by atoms with Gasteiger partial charge in [-0.3, -0.25) is 4.57 Å². The van der Waals surface area contributed by atoms with E-state index >= 15 is 0 Å². The standard InChI is InChI=1S/C21H22N4O4S/c1-5-29-16-8-6-15(7-9-16)25-20(23-24-21(25)30-11-10-22)14-12-17(26-2)19(28-4)18(13-14)27-3/h6-9,12-13H,5,11H2,1-4H3. The average molecular weight is 426 g/mol. The lowest BCUT2D eigenvalue weighted by Crippen LogP contribution is -2.02. The summed E-state index contributed by atoms with van der Waals surface area (Å²) in [5.74, 6) is 3.13. The monoisotopic (exact) mass is 426 g/mol. The van der Waals surface area contributed by atoms with Crippen molar-refractivity contribution in [3.8, 4) is 46.1 Å². The third kappa shape index (κ3) is 4.28. The van der Waals surface area contributed by atoms with Crippen LogP contribution in [0.15, 0.2) is 41.6 Å². The molecule has 0 unspecified atom stereocenters. The maximum atomic E-state index is 9.01. The van der Waals surface area contributed by atoms with Crippen LogP contribution in [0.25, 0.3) is 17.1 Å². The van der Waals surface area contributed by atoms with Crippen LogP contribution in [0.3, 0.4) is 0 Å². The first-order chi connectivity index (χ1) is 14.7. The number of thioether (sulfide) groups is 1. The molecule has 9 heteroatoms. The molecule has 0 saturated carbocycles. The molecule has 3 rings (SSSR count). The largest absolute Gasteiger partial charge is 0.494 e. The zero-order valence-electron chi connectivity index (χ0n) is 17.2. The predicted octanol–water partition coefficient (Wildman–Crippen LogP) is 3.97. The normalized spacial score (nSPS) is 10.4. The molecule has 8 nitrogen and oxygen atoms in total. The van der Waals surface area contributed by atoms with E-state index in [0.717, 1.165) is 17.0 Å². The minimum Gasteiger partial charge on any atom is -0.494 e. The van der Waals surface area contributed by atoms with Crippen LogP contribution in [0.4, 0.5) is 0 Å². The number of methoxy groups -OCH3 is 3. The van der Waals surface area contributed by atoms with Crippen molar-refractivity contribution >= 4 is 11.8 Å². The highest BCUT2D eigenvalue weighted by molar-refractivity contribution is 7.99. The molecule has 0 saturated heterocycles. The number of benzene rings is 2. The second kappa shape index (κ2) is 9.89. The van der Waals surface area contributed by atoms with Crippen LogP contribution in [0.1, 0.15) is 6.92 Å². The highest BCUT2D eigenvalue weighted by Gasteiger charge is 2.20. The second-order valence-electron chi connectivity index (χ2n) is 5.93. The summed E-state index contributed by atoms with van der Waals surface area (Å²) < 4.78 is 23.8. The molecule has 0 aliphatic rings. The third-order valence-electron chi connectivity index (χ3n) is 4.23. The Kier molecular flexibility index (Phi) is 7.03. The van der Waals surface area contributed by atoms with Crippen molar-refractivity contribution in [1.29, 1.82) is 5.26 Å². The first-order valence-electron chi connectivity index (χ1n) is 9.15. The number of nitriles is 1. The summed E-state index contributed by atoms with van der Waals surface area (Å²) in [5.41, 5.74) is 1.57. The van der Waals surface area contributed by atoms with Gasteiger partial charge in [-0.15, -0.1) is 10.2 Å². The Morgan fingerprint density at radius 2 is 1.67 bits per heavy atom. The molecular weight excluding hydrogens is 404 g/mol. The van der Waals surface area contributed by atoms with Crippen molar-refractivity contribution < 1.29 is 18.9 Å². The molecule has 30 heavy (non-hydrogen) atoms. The van der Waals surface area contributed by atoms with E-state index < -0.39 is 0 Å². The fraction of sp³-hybridized carbons (Fsp3) is 0.286. The summed E-state index contributed by atoms with van der Waals surface area (Å²) >= 11 is 1.31. The van der Waals surface area contributed by atoms with Gasteiger partial charge in [0.2, 0.25) is 5.75 Å². The molecule has 0 radical (unpaired) electrons. The van der Waals surface area contributed by atoms with Crippen molar-refractivity contribution in [2.75, 3.05) is 33.7 Å². The van der Waals surface area contributed by atoms with E-state index in [1.807, 2.05) is 47.9 Å². The van der Waals surface area contributed by atoms with Crippen LogP contribution in [-0.4, -0.2) is 48.5 Å². The van der Waals surface area contributed by atoms with E-state index in [2.05, 4.69) is 16.3 Å². The van der Waals surface area contributed by atoms with Crippen molar-refractivity contribution in [2.24, 2.45) is 0 Å². The zero-order chi connectivity index (χ0) is 21.5. The van der Waals surface area contributed by atoms with E-state index in [4.69, 9.17) is 24.2 Å². The highest BCUT2D eigenvalue weighted by Crippen LogP contribution is 2.41. The van der Waals surface area contributed by atoms with Crippen LogP contribution in [-0.2, 0) is 0 Å². The van der Waals surface area contributed by atoms with Gasteiger partial charge in [0.25, 0.3) is 0 Å². The highest BCUT2D eigenvalue weighted by atomic mass is 32.2. The maximum absolute atomic E-state index is 9.01. The molecule has 1 heterocycles. The average Bonchev–Trinajstić information content (AvgIpc) is 3.21. The molecule has 1 aromatic heterocycles. The maximum Gasteiger partial charge on any atom is 0.203 e. The number of hydrogen-bond acceptors (Lipinski definition) is 8.